The quantitative estimate of drug-likeness (QED) is 0.570. The largest absolute Gasteiger partial charge is 0.375 e. The highest BCUT2D eigenvalue weighted by atomic mass is 16.6. The Morgan fingerprint density at radius 3 is 2.45 bits per heavy atom. The summed E-state index contributed by atoms with van der Waals surface area (Å²) in [4.78, 5) is 0. The lowest BCUT2D eigenvalue weighted by atomic mass is 9.99. The molecule has 1 rings (SSSR count). The molecule has 0 saturated carbocycles. The van der Waals surface area contributed by atoms with E-state index in [1.165, 1.54) is 12.8 Å². The first-order chi connectivity index (χ1) is 5.33. The van der Waals surface area contributed by atoms with Crippen molar-refractivity contribution in [2.75, 3.05) is 19.8 Å². The minimum Gasteiger partial charge on any atom is -0.375 e. The van der Waals surface area contributed by atoms with Crippen molar-refractivity contribution in [3.05, 3.63) is 0 Å². The molecule has 66 valence electrons. The molecule has 1 fully saturated rings. The number of hydrogen-bond donors (Lipinski definition) is 0. The molecule has 0 amide bonds. The predicted octanol–water partition coefficient (Wildman–Crippen LogP) is 1.98. The molecule has 1 saturated heterocycles. The maximum absolute atomic E-state index is 5.73. The van der Waals surface area contributed by atoms with Crippen molar-refractivity contribution >= 4 is 0 Å². The minimum absolute atomic E-state index is 0.0924. The summed E-state index contributed by atoms with van der Waals surface area (Å²) in [5.41, 5.74) is 0.0924. The van der Waals surface area contributed by atoms with E-state index in [1.54, 1.807) is 0 Å². The molecule has 0 spiro atoms. The van der Waals surface area contributed by atoms with Gasteiger partial charge in [0, 0.05) is 6.61 Å². The van der Waals surface area contributed by atoms with Crippen LogP contribution in [-0.4, -0.2) is 25.4 Å². The van der Waals surface area contributed by atoms with E-state index in [1.807, 2.05) is 0 Å². The third-order valence-corrected chi connectivity index (χ3v) is 2.28. The Hall–Kier alpha value is -0.0800. The second-order valence-corrected chi connectivity index (χ2v) is 3.23. The lowest BCUT2D eigenvalue weighted by Gasteiger charge is -2.40. The van der Waals surface area contributed by atoms with Gasteiger partial charge < -0.3 is 9.47 Å². The Balaban J connectivity index is 2.11. The van der Waals surface area contributed by atoms with Crippen LogP contribution < -0.4 is 0 Å². The minimum atomic E-state index is 0.0924. The molecule has 0 bridgehead atoms. The van der Waals surface area contributed by atoms with E-state index in [4.69, 9.17) is 9.47 Å². The van der Waals surface area contributed by atoms with Crippen molar-refractivity contribution in [3.63, 3.8) is 0 Å². The fourth-order valence-corrected chi connectivity index (χ4v) is 1.15. The monoisotopic (exact) mass is 158 g/mol. The van der Waals surface area contributed by atoms with Crippen molar-refractivity contribution < 1.29 is 9.47 Å². The summed E-state index contributed by atoms with van der Waals surface area (Å²) in [5.74, 6) is 0. The molecule has 0 unspecified atom stereocenters. The van der Waals surface area contributed by atoms with Crippen LogP contribution in [0.2, 0.25) is 0 Å². The summed E-state index contributed by atoms with van der Waals surface area (Å²) in [7, 11) is 0. The molecule has 1 aliphatic rings. The van der Waals surface area contributed by atoms with Crippen LogP contribution in [0.15, 0.2) is 0 Å². The van der Waals surface area contributed by atoms with Crippen LogP contribution in [-0.2, 0) is 9.47 Å². The molecule has 0 N–H and O–H groups in total. The maximum atomic E-state index is 5.73. The van der Waals surface area contributed by atoms with Crippen LogP contribution in [0, 0.1) is 0 Å². The summed E-state index contributed by atoms with van der Waals surface area (Å²) in [5, 5.41) is 0. The molecule has 0 aromatic carbocycles. The topological polar surface area (TPSA) is 18.5 Å². The van der Waals surface area contributed by atoms with Crippen molar-refractivity contribution in [3.8, 4) is 0 Å². The highest BCUT2D eigenvalue weighted by molar-refractivity contribution is 4.85. The van der Waals surface area contributed by atoms with Gasteiger partial charge in [-0.2, -0.15) is 0 Å². The van der Waals surface area contributed by atoms with Crippen LogP contribution in [0.3, 0.4) is 0 Å². The molecule has 0 aromatic heterocycles. The van der Waals surface area contributed by atoms with E-state index in [-0.39, 0.29) is 5.60 Å². The molecule has 1 heterocycles. The van der Waals surface area contributed by atoms with Gasteiger partial charge in [-0.15, -0.1) is 0 Å². The molecular weight excluding hydrogens is 140 g/mol. The van der Waals surface area contributed by atoms with Crippen LogP contribution in [0.1, 0.15) is 33.1 Å². The number of ether oxygens (including phenoxy) is 2. The zero-order valence-electron chi connectivity index (χ0n) is 7.56. The van der Waals surface area contributed by atoms with E-state index in [0.717, 1.165) is 26.2 Å². The molecular formula is C9H18O2. The van der Waals surface area contributed by atoms with E-state index in [0.29, 0.717) is 0 Å². The van der Waals surface area contributed by atoms with Gasteiger partial charge in [0.05, 0.1) is 13.2 Å². The van der Waals surface area contributed by atoms with Crippen LogP contribution >= 0.6 is 0 Å². The van der Waals surface area contributed by atoms with Gasteiger partial charge >= 0.3 is 0 Å². The smallest absolute Gasteiger partial charge is 0.114 e. The highest BCUT2D eigenvalue weighted by Crippen LogP contribution is 2.25. The van der Waals surface area contributed by atoms with Gasteiger partial charge in [-0.1, -0.05) is 20.3 Å². The summed E-state index contributed by atoms with van der Waals surface area (Å²) in [6.07, 6.45) is 3.46. The summed E-state index contributed by atoms with van der Waals surface area (Å²) in [6, 6.07) is 0. The molecule has 11 heavy (non-hydrogen) atoms. The Bertz CT molecular complexity index is 103. The zero-order chi connectivity index (χ0) is 8.16. The first-order valence-electron chi connectivity index (χ1n) is 4.55. The maximum Gasteiger partial charge on any atom is 0.114 e. The summed E-state index contributed by atoms with van der Waals surface area (Å²) >= 11 is 0. The molecule has 1 aliphatic heterocycles. The second-order valence-electron chi connectivity index (χ2n) is 3.23. The van der Waals surface area contributed by atoms with E-state index >= 15 is 0 Å². The summed E-state index contributed by atoms with van der Waals surface area (Å²) in [6.45, 7) is 6.84. The SMILES string of the molecule is CCCCOC1(CC)COC1. The average molecular weight is 158 g/mol. The summed E-state index contributed by atoms with van der Waals surface area (Å²) < 4.78 is 10.9. The Morgan fingerprint density at radius 1 is 1.36 bits per heavy atom. The van der Waals surface area contributed by atoms with Crippen molar-refractivity contribution in [2.24, 2.45) is 0 Å². The van der Waals surface area contributed by atoms with E-state index < -0.39 is 0 Å². The molecule has 2 heteroatoms. The zero-order valence-corrected chi connectivity index (χ0v) is 7.56. The first kappa shape index (κ1) is 9.01. The lowest BCUT2D eigenvalue weighted by molar-refractivity contribution is -0.210. The van der Waals surface area contributed by atoms with Crippen molar-refractivity contribution in [1.82, 2.24) is 0 Å². The highest BCUT2D eigenvalue weighted by Gasteiger charge is 2.37. The van der Waals surface area contributed by atoms with Crippen LogP contribution in [0.5, 0.6) is 0 Å². The van der Waals surface area contributed by atoms with Gasteiger partial charge in [-0.05, 0) is 12.8 Å². The predicted molar refractivity (Wildman–Crippen MR) is 44.7 cm³/mol. The average Bonchev–Trinajstić information content (AvgIpc) is 1.95. The standard InChI is InChI=1S/C9H18O2/c1-3-5-6-11-9(4-2)7-10-8-9/h3-8H2,1-2H3. The number of rotatable bonds is 5. The van der Waals surface area contributed by atoms with E-state index in [2.05, 4.69) is 13.8 Å². The van der Waals surface area contributed by atoms with Gasteiger partial charge in [-0.25, -0.2) is 0 Å². The Kier molecular flexibility index (Phi) is 3.34. The van der Waals surface area contributed by atoms with Gasteiger partial charge in [-0.3, -0.25) is 0 Å². The Morgan fingerprint density at radius 2 is 2.09 bits per heavy atom. The van der Waals surface area contributed by atoms with Crippen molar-refractivity contribution in [1.29, 1.82) is 0 Å². The van der Waals surface area contributed by atoms with Crippen LogP contribution in [0.4, 0.5) is 0 Å². The van der Waals surface area contributed by atoms with Gasteiger partial charge in [0.25, 0.3) is 0 Å². The molecule has 0 radical (unpaired) electrons. The van der Waals surface area contributed by atoms with E-state index in [9.17, 15) is 0 Å². The second kappa shape index (κ2) is 4.07. The fourth-order valence-electron chi connectivity index (χ4n) is 1.15. The number of unbranched alkanes of at least 4 members (excludes halogenated alkanes) is 1. The van der Waals surface area contributed by atoms with Crippen LogP contribution in [0.25, 0.3) is 0 Å². The van der Waals surface area contributed by atoms with Crippen molar-refractivity contribution in [2.45, 2.75) is 38.7 Å². The van der Waals surface area contributed by atoms with Gasteiger partial charge in [0.1, 0.15) is 5.60 Å². The molecule has 0 aliphatic carbocycles. The Labute approximate surface area is 68.9 Å². The van der Waals surface area contributed by atoms with Gasteiger partial charge in [0.2, 0.25) is 0 Å². The normalized spacial score (nSPS) is 21.3. The third-order valence-electron chi connectivity index (χ3n) is 2.28. The molecule has 0 aromatic rings. The molecule has 2 nitrogen and oxygen atoms in total. The lowest BCUT2D eigenvalue weighted by Crippen LogP contribution is -2.51. The fraction of sp³-hybridized carbons (Fsp3) is 1.00. The number of hydrogen-bond acceptors (Lipinski definition) is 2. The molecule has 0 atom stereocenters. The third kappa shape index (κ3) is 2.17. The first-order valence-corrected chi connectivity index (χ1v) is 4.55. The van der Waals surface area contributed by atoms with Gasteiger partial charge in [0.15, 0.2) is 0 Å².